The largest absolute Gasteiger partial charge is 0.444 e. The second-order valence-electron chi connectivity index (χ2n) is 6.23. The van der Waals surface area contributed by atoms with Crippen molar-refractivity contribution in [3.05, 3.63) is 0 Å². The summed E-state index contributed by atoms with van der Waals surface area (Å²) >= 11 is 1.91. The van der Waals surface area contributed by atoms with Crippen molar-refractivity contribution in [2.24, 2.45) is 5.92 Å². The lowest BCUT2D eigenvalue weighted by Crippen LogP contribution is -2.40. The third-order valence-electron chi connectivity index (χ3n) is 3.74. The Kier molecular flexibility index (Phi) is 3.83. The number of carbonyl (C=O) groups excluding carboxylic acids is 1. The molecule has 0 aromatic rings. The van der Waals surface area contributed by atoms with Gasteiger partial charge in [0, 0.05) is 24.4 Å². The molecule has 0 aromatic carbocycles. The second kappa shape index (κ2) is 4.93. The topological polar surface area (TPSA) is 49.8 Å². The Bertz CT molecular complexity index is 329. The molecule has 104 valence electrons. The number of aliphatic hydroxyl groups is 1. The molecule has 0 bridgehead atoms. The van der Waals surface area contributed by atoms with E-state index < -0.39 is 5.60 Å². The molecule has 2 fully saturated rings. The van der Waals surface area contributed by atoms with Crippen LogP contribution in [0.4, 0.5) is 4.79 Å². The summed E-state index contributed by atoms with van der Waals surface area (Å²) in [4.78, 5) is 13.8. The van der Waals surface area contributed by atoms with Crippen molar-refractivity contribution in [1.29, 1.82) is 0 Å². The molecule has 5 heteroatoms. The maximum absolute atomic E-state index is 12.0. The number of hydrogen-bond donors (Lipinski definition) is 1. The zero-order valence-corrected chi connectivity index (χ0v) is 12.3. The molecule has 2 aliphatic rings. The van der Waals surface area contributed by atoms with Crippen molar-refractivity contribution >= 4 is 17.9 Å². The molecule has 4 nitrogen and oxygen atoms in total. The molecule has 18 heavy (non-hydrogen) atoms. The van der Waals surface area contributed by atoms with Gasteiger partial charge in [-0.05, 0) is 45.3 Å². The van der Waals surface area contributed by atoms with E-state index in [1.54, 1.807) is 4.90 Å². The number of amides is 1. The summed E-state index contributed by atoms with van der Waals surface area (Å²) < 4.78 is 5.48. The third-order valence-corrected chi connectivity index (χ3v) is 5.42. The van der Waals surface area contributed by atoms with E-state index in [4.69, 9.17) is 4.74 Å². The highest BCUT2D eigenvalue weighted by Crippen LogP contribution is 2.48. The molecule has 0 saturated carbocycles. The first-order valence-corrected chi connectivity index (χ1v) is 7.58. The van der Waals surface area contributed by atoms with E-state index in [0.717, 1.165) is 31.7 Å². The maximum Gasteiger partial charge on any atom is 0.410 e. The van der Waals surface area contributed by atoms with E-state index in [9.17, 15) is 9.90 Å². The summed E-state index contributed by atoms with van der Waals surface area (Å²) in [6.45, 7) is 7.36. The van der Waals surface area contributed by atoms with Gasteiger partial charge >= 0.3 is 6.09 Å². The van der Waals surface area contributed by atoms with Gasteiger partial charge in [-0.1, -0.05) is 0 Å². The molecule has 2 heterocycles. The lowest BCUT2D eigenvalue weighted by atomic mass is 9.89. The predicted molar refractivity (Wildman–Crippen MR) is 72.8 cm³/mol. The minimum Gasteiger partial charge on any atom is -0.444 e. The smallest absolute Gasteiger partial charge is 0.410 e. The molecule has 1 spiro atoms. The molecule has 0 aliphatic carbocycles. The summed E-state index contributed by atoms with van der Waals surface area (Å²) in [6, 6.07) is 0. The summed E-state index contributed by atoms with van der Waals surface area (Å²) in [5.74, 6) is 1.42. The number of rotatable bonds is 1. The predicted octanol–water partition coefficient (Wildman–Crippen LogP) is 2.11. The van der Waals surface area contributed by atoms with Gasteiger partial charge in [0.25, 0.3) is 0 Å². The minimum absolute atomic E-state index is 0.0751. The molecule has 1 amide bonds. The van der Waals surface area contributed by atoms with Crippen molar-refractivity contribution in [3.8, 4) is 0 Å². The van der Waals surface area contributed by atoms with E-state index in [-0.39, 0.29) is 17.4 Å². The molecule has 0 aromatic heterocycles. The fraction of sp³-hybridized carbons (Fsp3) is 0.923. The van der Waals surface area contributed by atoms with Crippen LogP contribution < -0.4 is 0 Å². The summed E-state index contributed by atoms with van der Waals surface area (Å²) in [5.41, 5.74) is -0.438. The van der Waals surface area contributed by atoms with Gasteiger partial charge in [0.2, 0.25) is 0 Å². The van der Waals surface area contributed by atoms with E-state index in [0.29, 0.717) is 5.92 Å². The molecule has 2 aliphatic heterocycles. The van der Waals surface area contributed by atoms with Crippen LogP contribution in [-0.2, 0) is 4.74 Å². The Morgan fingerprint density at radius 1 is 1.56 bits per heavy atom. The summed E-state index contributed by atoms with van der Waals surface area (Å²) in [5, 5.41) is 9.45. The standard InChI is InChI=1S/C13H23NO3S/c1-12(2,3)17-11(16)14-6-5-13(9-14)10(8-15)4-7-18-13/h10,15H,4-9H2,1-3H3/t10-,13-/m0/s1. The number of aliphatic hydroxyl groups excluding tert-OH is 1. The Labute approximate surface area is 113 Å². The fourth-order valence-corrected chi connectivity index (χ4v) is 4.50. The molecule has 2 atom stereocenters. The highest BCUT2D eigenvalue weighted by atomic mass is 32.2. The van der Waals surface area contributed by atoms with E-state index in [1.807, 2.05) is 32.5 Å². The van der Waals surface area contributed by atoms with Crippen molar-refractivity contribution in [1.82, 2.24) is 4.90 Å². The van der Waals surface area contributed by atoms with Gasteiger partial charge in [0.1, 0.15) is 5.60 Å². The van der Waals surface area contributed by atoms with Crippen LogP contribution in [0.5, 0.6) is 0 Å². The first kappa shape index (κ1) is 14.0. The van der Waals surface area contributed by atoms with Gasteiger partial charge < -0.3 is 14.7 Å². The first-order chi connectivity index (χ1) is 8.36. The molecule has 0 radical (unpaired) electrons. The number of ether oxygens (including phenoxy) is 1. The van der Waals surface area contributed by atoms with Crippen molar-refractivity contribution in [2.45, 2.75) is 44.0 Å². The molecule has 0 unspecified atom stereocenters. The van der Waals surface area contributed by atoms with Crippen molar-refractivity contribution < 1.29 is 14.6 Å². The SMILES string of the molecule is CC(C)(C)OC(=O)N1CC[C@@]2(C1)SCC[C@H]2CO. The number of likely N-dealkylation sites (tertiary alicyclic amines) is 1. The van der Waals surface area contributed by atoms with Crippen molar-refractivity contribution in [3.63, 3.8) is 0 Å². The normalized spacial score (nSPS) is 32.2. The Balaban J connectivity index is 1.98. The van der Waals surface area contributed by atoms with E-state index in [2.05, 4.69) is 0 Å². The zero-order valence-electron chi connectivity index (χ0n) is 11.4. The Morgan fingerprint density at radius 3 is 2.89 bits per heavy atom. The van der Waals surface area contributed by atoms with E-state index in [1.165, 1.54) is 0 Å². The number of nitrogens with zero attached hydrogens (tertiary/aromatic N) is 1. The molecular weight excluding hydrogens is 250 g/mol. The second-order valence-corrected chi connectivity index (χ2v) is 7.74. The zero-order chi connectivity index (χ0) is 13.4. The lowest BCUT2D eigenvalue weighted by molar-refractivity contribution is 0.0285. The van der Waals surface area contributed by atoms with Crippen LogP contribution in [0.2, 0.25) is 0 Å². The molecule has 2 rings (SSSR count). The van der Waals surface area contributed by atoms with Gasteiger partial charge in [-0.2, -0.15) is 11.8 Å². The Hall–Kier alpha value is -0.420. The van der Waals surface area contributed by atoms with Gasteiger partial charge in [0.15, 0.2) is 0 Å². The van der Waals surface area contributed by atoms with Gasteiger partial charge in [-0.3, -0.25) is 0 Å². The third kappa shape index (κ3) is 2.77. The van der Waals surface area contributed by atoms with Crippen LogP contribution in [0.25, 0.3) is 0 Å². The van der Waals surface area contributed by atoms with E-state index >= 15 is 0 Å². The van der Waals surface area contributed by atoms with Crippen molar-refractivity contribution in [2.75, 3.05) is 25.4 Å². The number of thioether (sulfide) groups is 1. The average Bonchev–Trinajstić information content (AvgIpc) is 2.84. The van der Waals surface area contributed by atoms with Crippen LogP contribution in [0.1, 0.15) is 33.6 Å². The number of carbonyl (C=O) groups is 1. The minimum atomic E-state index is -0.438. The fourth-order valence-electron chi connectivity index (χ4n) is 2.78. The first-order valence-electron chi connectivity index (χ1n) is 6.59. The molecule has 2 saturated heterocycles. The summed E-state index contributed by atoms with van der Waals surface area (Å²) in [6.07, 6.45) is 1.81. The van der Waals surface area contributed by atoms with Crippen LogP contribution in [0, 0.1) is 5.92 Å². The Morgan fingerprint density at radius 2 is 2.28 bits per heavy atom. The van der Waals surface area contributed by atoms with Gasteiger partial charge in [-0.15, -0.1) is 0 Å². The van der Waals surface area contributed by atoms with Gasteiger partial charge in [0.05, 0.1) is 0 Å². The van der Waals surface area contributed by atoms with Crippen LogP contribution >= 0.6 is 11.8 Å². The monoisotopic (exact) mass is 273 g/mol. The highest BCUT2D eigenvalue weighted by molar-refractivity contribution is 8.01. The molecular formula is C13H23NO3S. The van der Waals surface area contributed by atoms with Crippen LogP contribution in [-0.4, -0.2) is 51.9 Å². The maximum atomic E-state index is 12.0. The highest BCUT2D eigenvalue weighted by Gasteiger charge is 2.49. The van der Waals surface area contributed by atoms with Gasteiger partial charge in [-0.25, -0.2) is 4.79 Å². The lowest BCUT2D eigenvalue weighted by Gasteiger charge is -2.30. The molecule has 1 N–H and O–H groups in total. The average molecular weight is 273 g/mol. The van der Waals surface area contributed by atoms with Crippen LogP contribution in [0.15, 0.2) is 0 Å². The summed E-state index contributed by atoms with van der Waals surface area (Å²) in [7, 11) is 0. The quantitative estimate of drug-likeness (QED) is 0.795. The van der Waals surface area contributed by atoms with Crippen LogP contribution in [0.3, 0.4) is 0 Å². The number of hydrogen-bond acceptors (Lipinski definition) is 4.